The van der Waals surface area contributed by atoms with Crippen LogP contribution in [0.1, 0.15) is 44.3 Å². The quantitative estimate of drug-likeness (QED) is 0.522. The first-order chi connectivity index (χ1) is 16.0. The van der Waals surface area contributed by atoms with E-state index in [9.17, 15) is 9.18 Å². The Morgan fingerprint density at radius 1 is 1.15 bits per heavy atom. The van der Waals surface area contributed by atoms with Gasteiger partial charge < -0.3 is 10.2 Å². The number of hydrogen-bond donors (Lipinski definition) is 1. The molecule has 3 heterocycles. The number of rotatable bonds is 7. The second-order valence-corrected chi connectivity index (χ2v) is 9.89. The zero-order valence-electron chi connectivity index (χ0n) is 18.9. The molecule has 0 radical (unpaired) electrons. The number of halogens is 1. The van der Waals surface area contributed by atoms with Crippen molar-refractivity contribution >= 4 is 29.4 Å². The van der Waals surface area contributed by atoms with Crippen LogP contribution in [0.15, 0.2) is 35.5 Å². The molecular weight excluding hydrogens is 441 g/mol. The van der Waals surface area contributed by atoms with E-state index in [4.69, 9.17) is 0 Å². The first-order valence-corrected chi connectivity index (χ1v) is 12.4. The van der Waals surface area contributed by atoms with Crippen LogP contribution >= 0.6 is 11.8 Å². The Morgan fingerprint density at radius 3 is 2.58 bits per heavy atom. The third-order valence-electron chi connectivity index (χ3n) is 6.13. The summed E-state index contributed by atoms with van der Waals surface area (Å²) in [6.07, 6.45) is 4.60. The number of piperidine rings is 1. The summed E-state index contributed by atoms with van der Waals surface area (Å²) in [5.41, 5.74) is 1.44. The molecule has 1 aliphatic carbocycles. The molecule has 5 rings (SSSR count). The molecule has 2 aromatic heterocycles. The van der Waals surface area contributed by atoms with E-state index < -0.39 is 0 Å². The lowest BCUT2D eigenvalue weighted by atomic mass is 10.00. The lowest BCUT2D eigenvalue weighted by molar-refractivity contribution is -0.113. The van der Waals surface area contributed by atoms with Gasteiger partial charge in [-0.05, 0) is 62.8 Å². The van der Waals surface area contributed by atoms with Crippen LogP contribution in [0.4, 0.5) is 16.2 Å². The van der Waals surface area contributed by atoms with Crippen molar-refractivity contribution in [2.24, 2.45) is 5.92 Å². The smallest absolute Gasteiger partial charge is 0.236 e. The van der Waals surface area contributed by atoms with Crippen LogP contribution in [0.3, 0.4) is 0 Å². The van der Waals surface area contributed by atoms with Gasteiger partial charge in [-0.15, -0.1) is 10.2 Å². The Kier molecular flexibility index (Phi) is 6.09. The lowest BCUT2D eigenvalue weighted by Crippen LogP contribution is -2.34. The van der Waals surface area contributed by atoms with Crippen molar-refractivity contribution in [1.82, 2.24) is 24.5 Å². The number of benzene rings is 1. The van der Waals surface area contributed by atoms with Crippen LogP contribution in [-0.2, 0) is 4.79 Å². The molecule has 8 nitrogen and oxygen atoms in total. The van der Waals surface area contributed by atoms with Crippen molar-refractivity contribution in [3.8, 4) is 5.69 Å². The number of aryl methyl sites for hydroxylation is 1. The standard InChI is InChI=1S/C23H28FN7OS/c1-15-9-11-29(12-10-15)22-26-27-23(30(22)18-7-8-18)33-14-21(32)25-20-13-16(2)28-31(20)19-5-3-17(24)4-6-19/h3-6,13,15,18H,7-12,14H2,1-2H3,(H,25,32). The molecule has 33 heavy (non-hydrogen) atoms. The largest absolute Gasteiger partial charge is 0.341 e. The van der Waals surface area contributed by atoms with Crippen molar-refractivity contribution in [3.05, 3.63) is 41.8 Å². The number of carbonyl (C=O) groups excluding carboxylic acids is 1. The van der Waals surface area contributed by atoms with Gasteiger partial charge in [-0.1, -0.05) is 18.7 Å². The molecular formula is C23H28FN7OS. The maximum atomic E-state index is 13.3. The van der Waals surface area contributed by atoms with Gasteiger partial charge in [-0.2, -0.15) is 5.10 Å². The molecule has 0 bridgehead atoms. The normalized spacial score (nSPS) is 16.9. The molecule has 2 aliphatic rings. The van der Waals surface area contributed by atoms with Crippen molar-refractivity contribution < 1.29 is 9.18 Å². The number of nitrogens with zero attached hydrogens (tertiary/aromatic N) is 6. The molecule has 3 aromatic rings. The van der Waals surface area contributed by atoms with Gasteiger partial charge in [0.1, 0.15) is 11.6 Å². The summed E-state index contributed by atoms with van der Waals surface area (Å²) in [4.78, 5) is 15.1. The second kappa shape index (κ2) is 9.17. The average Bonchev–Trinajstić information content (AvgIpc) is 3.45. The van der Waals surface area contributed by atoms with Crippen molar-refractivity contribution in [2.75, 3.05) is 29.1 Å². The lowest BCUT2D eigenvalue weighted by Gasteiger charge is -2.31. The summed E-state index contributed by atoms with van der Waals surface area (Å²) >= 11 is 1.41. The van der Waals surface area contributed by atoms with Crippen LogP contribution in [0.2, 0.25) is 0 Å². The van der Waals surface area contributed by atoms with Gasteiger partial charge in [0.25, 0.3) is 0 Å². The van der Waals surface area contributed by atoms with E-state index in [2.05, 4.69) is 37.0 Å². The molecule has 0 unspecified atom stereocenters. The average molecular weight is 470 g/mol. The topological polar surface area (TPSA) is 80.9 Å². The molecule has 1 aromatic carbocycles. The molecule has 1 amide bonds. The fourth-order valence-electron chi connectivity index (χ4n) is 4.12. The maximum absolute atomic E-state index is 13.3. The van der Waals surface area contributed by atoms with Gasteiger partial charge >= 0.3 is 0 Å². The number of anilines is 2. The van der Waals surface area contributed by atoms with Crippen molar-refractivity contribution in [2.45, 2.75) is 50.7 Å². The zero-order chi connectivity index (χ0) is 22.9. The molecule has 1 saturated carbocycles. The summed E-state index contributed by atoms with van der Waals surface area (Å²) < 4.78 is 17.1. The van der Waals surface area contributed by atoms with Crippen LogP contribution in [0, 0.1) is 18.7 Å². The van der Waals surface area contributed by atoms with E-state index in [0.717, 1.165) is 48.6 Å². The number of aromatic nitrogens is 5. The number of nitrogens with one attached hydrogen (secondary N) is 1. The van der Waals surface area contributed by atoms with Gasteiger partial charge in [-0.25, -0.2) is 9.07 Å². The monoisotopic (exact) mass is 469 g/mol. The van der Waals surface area contributed by atoms with E-state index in [-0.39, 0.29) is 17.5 Å². The zero-order valence-corrected chi connectivity index (χ0v) is 19.7. The highest BCUT2D eigenvalue weighted by molar-refractivity contribution is 7.99. The Balaban J connectivity index is 1.26. The third-order valence-corrected chi connectivity index (χ3v) is 7.07. The van der Waals surface area contributed by atoms with Crippen LogP contribution in [0.25, 0.3) is 5.69 Å². The number of thioether (sulfide) groups is 1. The minimum absolute atomic E-state index is 0.151. The molecule has 10 heteroatoms. The second-order valence-electron chi connectivity index (χ2n) is 8.95. The molecule has 2 fully saturated rings. The Morgan fingerprint density at radius 2 is 1.88 bits per heavy atom. The van der Waals surface area contributed by atoms with E-state index in [1.165, 1.54) is 36.7 Å². The molecule has 174 valence electrons. The SMILES string of the molecule is Cc1cc(NC(=O)CSc2nnc(N3CCC(C)CC3)n2C2CC2)n(-c2ccc(F)cc2)n1. The Labute approximate surface area is 196 Å². The predicted octanol–water partition coefficient (Wildman–Crippen LogP) is 4.21. The summed E-state index contributed by atoms with van der Waals surface area (Å²) in [6.45, 7) is 6.16. The minimum atomic E-state index is -0.317. The first kappa shape index (κ1) is 21.9. The summed E-state index contributed by atoms with van der Waals surface area (Å²) in [5, 5.41) is 17.1. The van der Waals surface area contributed by atoms with Crippen LogP contribution in [-0.4, -0.2) is 49.3 Å². The van der Waals surface area contributed by atoms with E-state index in [0.29, 0.717) is 17.5 Å². The number of hydrogen-bond acceptors (Lipinski definition) is 6. The van der Waals surface area contributed by atoms with Gasteiger partial charge in [0, 0.05) is 25.2 Å². The molecule has 1 saturated heterocycles. The van der Waals surface area contributed by atoms with Crippen molar-refractivity contribution in [3.63, 3.8) is 0 Å². The van der Waals surface area contributed by atoms with Crippen LogP contribution < -0.4 is 10.2 Å². The number of carbonyl (C=O) groups is 1. The van der Waals surface area contributed by atoms with Gasteiger partial charge in [0.15, 0.2) is 5.16 Å². The van der Waals surface area contributed by atoms with Crippen molar-refractivity contribution in [1.29, 1.82) is 0 Å². The molecule has 0 spiro atoms. The first-order valence-electron chi connectivity index (χ1n) is 11.4. The Hall–Kier alpha value is -2.88. The minimum Gasteiger partial charge on any atom is -0.341 e. The third kappa shape index (κ3) is 4.90. The maximum Gasteiger partial charge on any atom is 0.236 e. The highest BCUT2D eigenvalue weighted by Crippen LogP contribution is 2.41. The molecule has 1 aliphatic heterocycles. The summed E-state index contributed by atoms with van der Waals surface area (Å²) in [5.74, 6) is 2.00. The van der Waals surface area contributed by atoms with E-state index in [1.54, 1.807) is 22.9 Å². The van der Waals surface area contributed by atoms with Gasteiger partial charge in [0.2, 0.25) is 11.9 Å². The van der Waals surface area contributed by atoms with Crippen LogP contribution in [0.5, 0.6) is 0 Å². The predicted molar refractivity (Wildman–Crippen MR) is 127 cm³/mol. The molecule has 0 atom stereocenters. The fourth-order valence-corrected chi connectivity index (χ4v) is 4.92. The van der Waals surface area contributed by atoms with Gasteiger partial charge in [-0.3, -0.25) is 9.36 Å². The number of amides is 1. The summed E-state index contributed by atoms with van der Waals surface area (Å²) in [7, 11) is 0. The Bertz CT molecular complexity index is 1130. The highest BCUT2D eigenvalue weighted by Gasteiger charge is 2.32. The van der Waals surface area contributed by atoms with E-state index >= 15 is 0 Å². The summed E-state index contributed by atoms with van der Waals surface area (Å²) in [6, 6.07) is 8.24. The highest BCUT2D eigenvalue weighted by atomic mass is 32.2. The fraction of sp³-hybridized carbons (Fsp3) is 0.478. The van der Waals surface area contributed by atoms with Gasteiger partial charge in [0.05, 0.1) is 17.1 Å². The van der Waals surface area contributed by atoms with E-state index in [1.807, 2.05) is 6.92 Å². The molecule has 1 N–H and O–H groups in total.